The largest absolute Gasteiger partial charge is 0.360 e. The number of aldehydes is 1. The highest BCUT2D eigenvalue weighted by Crippen LogP contribution is 2.08. The van der Waals surface area contributed by atoms with E-state index in [0.717, 1.165) is 6.29 Å². The summed E-state index contributed by atoms with van der Waals surface area (Å²) in [5.41, 5.74) is 0. The van der Waals surface area contributed by atoms with Gasteiger partial charge in [-0.15, -0.1) is 0 Å². The van der Waals surface area contributed by atoms with E-state index in [9.17, 15) is 4.79 Å². The van der Waals surface area contributed by atoms with Crippen LogP contribution >= 0.6 is 15.9 Å². The highest BCUT2D eigenvalue weighted by atomic mass is 79.9. The monoisotopic (exact) mass is 189 g/mol. The van der Waals surface area contributed by atoms with Gasteiger partial charge in [0.05, 0.1) is 6.42 Å². The molecule has 0 radical (unpaired) electrons. The lowest BCUT2D eigenvalue weighted by Gasteiger charge is -1.76. The fourth-order valence-corrected chi connectivity index (χ4v) is 0.794. The average Bonchev–Trinajstić information content (AvgIpc) is 2.17. The summed E-state index contributed by atoms with van der Waals surface area (Å²) in [4.78, 5) is 9.88. The number of hydrogen-bond acceptors (Lipinski definition) is 3. The van der Waals surface area contributed by atoms with Crippen LogP contribution in [-0.2, 0) is 11.2 Å². The van der Waals surface area contributed by atoms with Crippen LogP contribution in [0.3, 0.4) is 0 Å². The smallest absolute Gasteiger partial charge is 0.149 e. The zero-order valence-corrected chi connectivity index (χ0v) is 6.09. The Morgan fingerprint density at radius 3 is 3.11 bits per heavy atom. The number of aromatic nitrogens is 1. The van der Waals surface area contributed by atoms with E-state index in [1.165, 1.54) is 0 Å². The molecule has 1 heterocycles. The minimum absolute atomic E-state index is 0.290. The van der Waals surface area contributed by atoms with Gasteiger partial charge in [0.25, 0.3) is 0 Å². The van der Waals surface area contributed by atoms with Crippen molar-refractivity contribution in [3.05, 3.63) is 16.4 Å². The second-order valence-corrected chi connectivity index (χ2v) is 2.30. The third kappa shape index (κ3) is 1.64. The maximum atomic E-state index is 9.88. The summed E-state index contributed by atoms with van der Waals surface area (Å²) in [6, 6.07) is 1.66. The number of rotatable bonds is 2. The van der Waals surface area contributed by atoms with E-state index >= 15 is 0 Å². The van der Waals surface area contributed by atoms with E-state index < -0.39 is 0 Å². The molecule has 0 saturated carbocycles. The number of carbonyl (C=O) groups excluding carboxylic acids is 1. The van der Waals surface area contributed by atoms with Gasteiger partial charge in [0.2, 0.25) is 0 Å². The van der Waals surface area contributed by atoms with Crippen molar-refractivity contribution in [2.24, 2.45) is 0 Å². The fourth-order valence-electron chi connectivity index (χ4n) is 0.466. The zero-order chi connectivity index (χ0) is 6.69. The van der Waals surface area contributed by atoms with E-state index in [4.69, 9.17) is 0 Å². The maximum Gasteiger partial charge on any atom is 0.149 e. The van der Waals surface area contributed by atoms with Crippen LogP contribution < -0.4 is 0 Å². The molecule has 0 bridgehead atoms. The summed E-state index contributed by atoms with van der Waals surface area (Å²) in [6.07, 6.45) is 1.06. The van der Waals surface area contributed by atoms with Gasteiger partial charge in [0.1, 0.15) is 16.6 Å². The second kappa shape index (κ2) is 2.77. The molecule has 0 saturated heterocycles. The van der Waals surface area contributed by atoms with E-state index in [2.05, 4.69) is 25.6 Å². The van der Waals surface area contributed by atoms with Crippen molar-refractivity contribution in [1.82, 2.24) is 5.16 Å². The standard InChI is InChI=1S/C5H4BrNO2/c6-5-3-4(1-2-8)9-7-5/h2-3H,1H2. The van der Waals surface area contributed by atoms with Gasteiger partial charge in [-0.3, -0.25) is 0 Å². The van der Waals surface area contributed by atoms with Gasteiger partial charge in [-0.05, 0) is 15.9 Å². The Morgan fingerprint density at radius 2 is 2.67 bits per heavy atom. The Bertz CT molecular complexity index is 208. The second-order valence-electron chi connectivity index (χ2n) is 1.49. The van der Waals surface area contributed by atoms with Crippen LogP contribution in [0.15, 0.2) is 15.2 Å². The van der Waals surface area contributed by atoms with Crippen LogP contribution in [0.4, 0.5) is 0 Å². The first kappa shape index (κ1) is 6.48. The third-order valence-corrected chi connectivity index (χ3v) is 1.19. The molecule has 3 nitrogen and oxygen atoms in total. The van der Waals surface area contributed by atoms with Gasteiger partial charge in [0.15, 0.2) is 0 Å². The number of halogens is 1. The van der Waals surface area contributed by atoms with Gasteiger partial charge in [-0.1, -0.05) is 5.16 Å². The van der Waals surface area contributed by atoms with Crippen molar-refractivity contribution in [3.8, 4) is 0 Å². The summed E-state index contributed by atoms with van der Waals surface area (Å²) in [7, 11) is 0. The number of carbonyl (C=O) groups is 1. The van der Waals surface area contributed by atoms with Gasteiger partial charge in [-0.25, -0.2) is 0 Å². The number of hydrogen-bond donors (Lipinski definition) is 0. The van der Waals surface area contributed by atoms with Gasteiger partial charge in [-0.2, -0.15) is 0 Å². The van der Waals surface area contributed by atoms with E-state index in [0.29, 0.717) is 16.8 Å². The summed E-state index contributed by atoms with van der Waals surface area (Å²) in [6.45, 7) is 0. The molecule has 9 heavy (non-hydrogen) atoms. The molecular weight excluding hydrogens is 186 g/mol. The Balaban J connectivity index is 2.72. The fraction of sp³-hybridized carbons (Fsp3) is 0.200. The van der Waals surface area contributed by atoms with Crippen molar-refractivity contribution >= 4 is 22.2 Å². The van der Waals surface area contributed by atoms with Crippen molar-refractivity contribution < 1.29 is 9.32 Å². The molecule has 1 aromatic rings. The predicted octanol–water partition coefficient (Wildman–Crippen LogP) is 1.18. The minimum atomic E-state index is 0.290. The third-order valence-electron chi connectivity index (χ3n) is 0.815. The first-order valence-electron chi connectivity index (χ1n) is 2.37. The molecule has 4 heteroatoms. The maximum absolute atomic E-state index is 9.88. The van der Waals surface area contributed by atoms with E-state index in [1.54, 1.807) is 6.07 Å². The summed E-state index contributed by atoms with van der Waals surface area (Å²) in [5, 5.41) is 3.52. The highest BCUT2D eigenvalue weighted by molar-refractivity contribution is 9.10. The van der Waals surface area contributed by atoms with Crippen LogP contribution in [0, 0.1) is 0 Å². The van der Waals surface area contributed by atoms with Gasteiger partial charge >= 0.3 is 0 Å². The number of nitrogens with zero attached hydrogens (tertiary/aromatic N) is 1. The average molecular weight is 190 g/mol. The van der Waals surface area contributed by atoms with Crippen LogP contribution in [0.1, 0.15) is 5.76 Å². The molecule has 0 fully saturated rings. The molecule has 1 rings (SSSR count). The van der Waals surface area contributed by atoms with Gasteiger partial charge in [0, 0.05) is 6.07 Å². The van der Waals surface area contributed by atoms with Crippen LogP contribution in [0.5, 0.6) is 0 Å². The Labute approximate surface area is 60.2 Å². The Morgan fingerprint density at radius 1 is 1.89 bits per heavy atom. The van der Waals surface area contributed by atoms with E-state index in [-0.39, 0.29) is 0 Å². The van der Waals surface area contributed by atoms with Crippen molar-refractivity contribution in [3.63, 3.8) is 0 Å². The first-order valence-corrected chi connectivity index (χ1v) is 3.17. The molecule has 0 aliphatic heterocycles. The molecule has 0 aromatic carbocycles. The topological polar surface area (TPSA) is 43.1 Å². The molecular formula is C5H4BrNO2. The zero-order valence-electron chi connectivity index (χ0n) is 4.50. The lowest BCUT2D eigenvalue weighted by atomic mass is 10.4. The molecule has 48 valence electrons. The quantitative estimate of drug-likeness (QED) is 0.657. The highest BCUT2D eigenvalue weighted by Gasteiger charge is 1.97. The molecule has 0 amide bonds. The lowest BCUT2D eigenvalue weighted by molar-refractivity contribution is -0.107. The molecule has 0 spiro atoms. The van der Waals surface area contributed by atoms with Crippen LogP contribution in [0.25, 0.3) is 0 Å². The molecule has 0 atom stereocenters. The SMILES string of the molecule is O=CCc1cc(Br)no1. The minimum Gasteiger partial charge on any atom is -0.360 e. The van der Waals surface area contributed by atoms with Crippen molar-refractivity contribution in [2.45, 2.75) is 6.42 Å². The first-order chi connectivity index (χ1) is 4.33. The molecule has 0 N–H and O–H groups in total. The molecule has 0 aliphatic carbocycles. The van der Waals surface area contributed by atoms with E-state index in [1.807, 2.05) is 0 Å². The summed E-state index contributed by atoms with van der Waals surface area (Å²) in [5.74, 6) is 0.580. The Kier molecular flexibility index (Phi) is 2.00. The summed E-state index contributed by atoms with van der Waals surface area (Å²) >= 11 is 3.08. The summed E-state index contributed by atoms with van der Waals surface area (Å²) < 4.78 is 5.30. The Hall–Kier alpha value is -0.640. The predicted molar refractivity (Wildman–Crippen MR) is 34.0 cm³/mol. The molecule has 0 unspecified atom stereocenters. The molecule has 0 aliphatic rings. The van der Waals surface area contributed by atoms with Crippen LogP contribution in [0.2, 0.25) is 0 Å². The molecule has 1 aromatic heterocycles. The normalized spacial score (nSPS) is 9.44. The van der Waals surface area contributed by atoms with Crippen molar-refractivity contribution in [1.29, 1.82) is 0 Å². The lowest BCUT2D eigenvalue weighted by Crippen LogP contribution is -1.78. The van der Waals surface area contributed by atoms with Crippen LogP contribution in [-0.4, -0.2) is 11.4 Å². The van der Waals surface area contributed by atoms with Crippen molar-refractivity contribution in [2.75, 3.05) is 0 Å². The van der Waals surface area contributed by atoms with Gasteiger partial charge < -0.3 is 9.32 Å².